The fourth-order valence-corrected chi connectivity index (χ4v) is 2.19. The molecular weight excluding hydrogens is 267 g/mol. The third-order valence-corrected chi connectivity index (χ3v) is 3.34. The summed E-state index contributed by atoms with van der Waals surface area (Å²) in [7, 11) is 1.79. The number of nitrogens with zero attached hydrogens (tertiary/aromatic N) is 2. The van der Waals surface area contributed by atoms with E-state index in [1.54, 1.807) is 43.1 Å². The smallest absolute Gasteiger partial charge is 0.146 e. The van der Waals surface area contributed by atoms with Crippen LogP contribution >= 0.6 is 0 Å². The van der Waals surface area contributed by atoms with Gasteiger partial charge in [-0.3, -0.25) is 0 Å². The summed E-state index contributed by atoms with van der Waals surface area (Å²) in [6, 6.07) is 14.1. The lowest BCUT2D eigenvalue weighted by Crippen LogP contribution is -2.18. The van der Waals surface area contributed by atoms with Crippen LogP contribution in [-0.4, -0.2) is 12.2 Å². The predicted octanol–water partition coefficient (Wildman–Crippen LogP) is 3.39. The number of aliphatic hydroxyl groups is 1. The van der Waals surface area contributed by atoms with Crippen molar-refractivity contribution in [3.63, 3.8) is 0 Å². The van der Waals surface area contributed by atoms with Gasteiger partial charge in [-0.15, -0.1) is 0 Å². The molecule has 0 amide bonds. The van der Waals surface area contributed by atoms with E-state index in [2.05, 4.69) is 6.07 Å². The summed E-state index contributed by atoms with van der Waals surface area (Å²) in [5.41, 5.74) is 2.54. The minimum atomic E-state index is -0.689. The van der Waals surface area contributed by atoms with E-state index in [1.165, 1.54) is 6.07 Å². The number of hydrogen-bond acceptors (Lipinski definition) is 3. The predicted molar refractivity (Wildman–Crippen MR) is 80.3 cm³/mol. The van der Waals surface area contributed by atoms with Crippen molar-refractivity contribution < 1.29 is 9.50 Å². The van der Waals surface area contributed by atoms with E-state index >= 15 is 0 Å². The second kappa shape index (κ2) is 6.38. The summed E-state index contributed by atoms with van der Waals surface area (Å²) in [5.74, 6) is -0.368. The molecule has 1 N–H and O–H groups in total. The first kappa shape index (κ1) is 15.0. The Morgan fingerprint density at radius 1 is 1.29 bits per heavy atom. The molecule has 0 bridgehead atoms. The van der Waals surface area contributed by atoms with Crippen LogP contribution in [0.1, 0.15) is 29.7 Å². The second-order valence-electron chi connectivity index (χ2n) is 5.06. The maximum atomic E-state index is 14.1. The number of benzene rings is 2. The third-order valence-electron chi connectivity index (χ3n) is 3.34. The summed E-state index contributed by atoms with van der Waals surface area (Å²) in [5, 5.41) is 18.4. The van der Waals surface area contributed by atoms with E-state index in [-0.39, 0.29) is 5.82 Å². The summed E-state index contributed by atoms with van der Waals surface area (Å²) in [4.78, 5) is 1.78. The highest BCUT2D eigenvalue weighted by Gasteiger charge is 2.11. The molecule has 0 saturated heterocycles. The van der Waals surface area contributed by atoms with Crippen molar-refractivity contribution in [3.05, 3.63) is 65.0 Å². The van der Waals surface area contributed by atoms with Gasteiger partial charge in [-0.1, -0.05) is 18.2 Å². The lowest BCUT2D eigenvalue weighted by Gasteiger charge is -2.21. The first-order valence-electron chi connectivity index (χ1n) is 6.69. The van der Waals surface area contributed by atoms with Crippen LogP contribution in [0, 0.1) is 17.1 Å². The van der Waals surface area contributed by atoms with Gasteiger partial charge in [-0.05, 0) is 42.3 Å². The first-order chi connectivity index (χ1) is 10.0. The van der Waals surface area contributed by atoms with Gasteiger partial charge in [0.25, 0.3) is 0 Å². The molecule has 4 heteroatoms. The molecule has 2 aromatic carbocycles. The molecule has 0 spiro atoms. The van der Waals surface area contributed by atoms with E-state index in [0.717, 1.165) is 5.56 Å². The van der Waals surface area contributed by atoms with E-state index < -0.39 is 6.10 Å². The SMILES string of the molecule is C[C@@H](O)c1ccc(N(C)Cc2cccc(C#N)c2)c(F)c1. The Morgan fingerprint density at radius 3 is 2.67 bits per heavy atom. The molecule has 2 rings (SSSR count). The molecule has 0 aliphatic carbocycles. The molecule has 0 unspecified atom stereocenters. The molecule has 108 valence electrons. The molecule has 1 atom stereocenters. The highest BCUT2D eigenvalue weighted by Crippen LogP contribution is 2.24. The van der Waals surface area contributed by atoms with Gasteiger partial charge in [0.05, 0.1) is 23.4 Å². The van der Waals surface area contributed by atoms with Crippen molar-refractivity contribution in [2.24, 2.45) is 0 Å². The monoisotopic (exact) mass is 284 g/mol. The summed E-state index contributed by atoms with van der Waals surface area (Å²) >= 11 is 0. The van der Waals surface area contributed by atoms with Gasteiger partial charge in [0.2, 0.25) is 0 Å². The number of hydrogen-bond donors (Lipinski definition) is 1. The van der Waals surface area contributed by atoms with Crippen molar-refractivity contribution >= 4 is 5.69 Å². The summed E-state index contributed by atoms with van der Waals surface area (Å²) < 4.78 is 14.1. The number of halogens is 1. The quantitative estimate of drug-likeness (QED) is 0.936. The molecule has 0 saturated carbocycles. The molecular formula is C17H17FN2O. The Bertz CT molecular complexity index is 677. The van der Waals surface area contributed by atoms with Crippen LogP contribution in [0.25, 0.3) is 0 Å². The van der Waals surface area contributed by atoms with Crippen LogP contribution in [0.4, 0.5) is 10.1 Å². The lowest BCUT2D eigenvalue weighted by atomic mass is 10.1. The largest absolute Gasteiger partial charge is 0.389 e. The standard InChI is InChI=1S/C17H17FN2O/c1-12(21)15-6-7-17(16(18)9-15)20(2)11-14-5-3-4-13(8-14)10-19/h3-9,12,21H,11H2,1-2H3/t12-/m1/s1. The van der Waals surface area contributed by atoms with Crippen LogP contribution in [0.3, 0.4) is 0 Å². The van der Waals surface area contributed by atoms with E-state index in [9.17, 15) is 9.50 Å². The van der Waals surface area contributed by atoms with Gasteiger partial charge in [0.15, 0.2) is 0 Å². The van der Waals surface area contributed by atoms with Crippen molar-refractivity contribution in [1.29, 1.82) is 5.26 Å². The second-order valence-corrected chi connectivity index (χ2v) is 5.06. The highest BCUT2D eigenvalue weighted by atomic mass is 19.1. The normalized spacial score (nSPS) is 11.8. The van der Waals surface area contributed by atoms with Crippen LogP contribution in [0.5, 0.6) is 0 Å². The van der Waals surface area contributed by atoms with Gasteiger partial charge in [0.1, 0.15) is 5.82 Å². The van der Waals surface area contributed by atoms with Gasteiger partial charge < -0.3 is 10.0 Å². The van der Waals surface area contributed by atoms with Crippen molar-refractivity contribution in [1.82, 2.24) is 0 Å². The average molecular weight is 284 g/mol. The maximum absolute atomic E-state index is 14.1. The molecule has 21 heavy (non-hydrogen) atoms. The maximum Gasteiger partial charge on any atom is 0.146 e. The lowest BCUT2D eigenvalue weighted by molar-refractivity contribution is 0.199. The Balaban J connectivity index is 2.20. The van der Waals surface area contributed by atoms with Gasteiger partial charge >= 0.3 is 0 Å². The summed E-state index contributed by atoms with van der Waals surface area (Å²) in [6.07, 6.45) is -0.689. The molecule has 0 aliphatic heterocycles. The van der Waals surface area contributed by atoms with E-state index in [0.29, 0.717) is 23.4 Å². The zero-order valence-corrected chi connectivity index (χ0v) is 12.0. The molecule has 3 nitrogen and oxygen atoms in total. The van der Waals surface area contributed by atoms with Crippen molar-refractivity contribution in [2.45, 2.75) is 19.6 Å². The molecule has 0 heterocycles. The topological polar surface area (TPSA) is 47.3 Å². The Morgan fingerprint density at radius 2 is 2.05 bits per heavy atom. The molecule has 0 aliphatic rings. The van der Waals surface area contributed by atoms with E-state index in [1.807, 2.05) is 12.1 Å². The molecule has 0 fully saturated rings. The minimum Gasteiger partial charge on any atom is -0.389 e. The highest BCUT2D eigenvalue weighted by molar-refractivity contribution is 5.49. The molecule has 0 aromatic heterocycles. The minimum absolute atomic E-state index is 0.368. The van der Waals surface area contributed by atoms with Crippen LogP contribution < -0.4 is 4.90 Å². The number of anilines is 1. The Labute approximate surface area is 123 Å². The number of rotatable bonds is 4. The van der Waals surface area contributed by atoms with Crippen LogP contribution in [0.2, 0.25) is 0 Å². The average Bonchev–Trinajstić information content (AvgIpc) is 2.47. The van der Waals surface area contributed by atoms with Crippen LogP contribution in [0.15, 0.2) is 42.5 Å². The fraction of sp³-hybridized carbons (Fsp3) is 0.235. The molecule has 0 radical (unpaired) electrons. The van der Waals surface area contributed by atoms with Gasteiger partial charge in [-0.25, -0.2) is 4.39 Å². The van der Waals surface area contributed by atoms with Crippen molar-refractivity contribution in [3.8, 4) is 6.07 Å². The Hall–Kier alpha value is -2.38. The zero-order chi connectivity index (χ0) is 15.4. The first-order valence-corrected chi connectivity index (χ1v) is 6.69. The van der Waals surface area contributed by atoms with Gasteiger partial charge in [-0.2, -0.15) is 5.26 Å². The van der Waals surface area contributed by atoms with E-state index in [4.69, 9.17) is 5.26 Å². The third kappa shape index (κ3) is 3.59. The van der Waals surface area contributed by atoms with Crippen LogP contribution in [-0.2, 0) is 6.54 Å². The van der Waals surface area contributed by atoms with Gasteiger partial charge in [0, 0.05) is 13.6 Å². The number of nitriles is 1. The van der Waals surface area contributed by atoms with Crippen molar-refractivity contribution in [2.75, 3.05) is 11.9 Å². The number of aliphatic hydroxyl groups excluding tert-OH is 1. The fourth-order valence-electron chi connectivity index (χ4n) is 2.19. The summed E-state index contributed by atoms with van der Waals surface area (Å²) in [6.45, 7) is 2.10. The molecule has 2 aromatic rings. The zero-order valence-electron chi connectivity index (χ0n) is 12.0. The Kier molecular flexibility index (Phi) is 4.56.